The third-order valence-electron chi connectivity index (χ3n) is 4.33. The van der Waals surface area contributed by atoms with Gasteiger partial charge in [-0.05, 0) is 12.1 Å². The lowest BCUT2D eigenvalue weighted by atomic mass is 10.1. The van der Waals surface area contributed by atoms with E-state index in [1.807, 2.05) is 6.07 Å². The first-order chi connectivity index (χ1) is 12.8. The number of para-hydroxylation sites is 1. The Balaban J connectivity index is 1.46. The standard InChI is InChI=1S/C18H19N3O5/c1-23-16-17(20-7-6-19-16)26-12-5-8-21(11-12)18(22)13-3-2-4-14-15(13)25-10-9-24-14/h2-4,6-7,12H,5,8-11H2,1H3/t12-/m0/s1. The number of methoxy groups -OCH3 is 1. The van der Waals surface area contributed by atoms with Crippen molar-refractivity contribution in [3.8, 4) is 23.3 Å². The van der Waals surface area contributed by atoms with Crippen LogP contribution in [0.15, 0.2) is 30.6 Å². The van der Waals surface area contributed by atoms with Crippen LogP contribution in [-0.2, 0) is 0 Å². The van der Waals surface area contributed by atoms with Gasteiger partial charge in [0.05, 0.1) is 19.2 Å². The third-order valence-corrected chi connectivity index (χ3v) is 4.33. The van der Waals surface area contributed by atoms with Gasteiger partial charge in [0, 0.05) is 25.4 Å². The molecule has 1 amide bonds. The minimum absolute atomic E-state index is 0.0930. The highest BCUT2D eigenvalue weighted by molar-refractivity contribution is 5.98. The number of rotatable bonds is 4. The summed E-state index contributed by atoms with van der Waals surface area (Å²) < 4.78 is 22.2. The summed E-state index contributed by atoms with van der Waals surface area (Å²) in [5.74, 6) is 1.70. The molecule has 0 spiro atoms. The van der Waals surface area contributed by atoms with Crippen LogP contribution in [0.3, 0.4) is 0 Å². The molecule has 0 bridgehead atoms. The molecule has 26 heavy (non-hydrogen) atoms. The lowest BCUT2D eigenvalue weighted by Gasteiger charge is -2.23. The predicted octanol–water partition coefficient (Wildman–Crippen LogP) is 1.55. The maximum absolute atomic E-state index is 12.9. The van der Waals surface area contributed by atoms with Gasteiger partial charge in [-0.15, -0.1) is 0 Å². The van der Waals surface area contributed by atoms with E-state index < -0.39 is 0 Å². The molecule has 0 N–H and O–H groups in total. The number of nitrogens with zero attached hydrogens (tertiary/aromatic N) is 3. The Morgan fingerprint density at radius 1 is 1.19 bits per heavy atom. The van der Waals surface area contributed by atoms with Crippen molar-refractivity contribution < 1.29 is 23.7 Å². The normalized spacial score (nSPS) is 18.5. The molecule has 1 fully saturated rings. The van der Waals surface area contributed by atoms with Crippen LogP contribution in [-0.4, -0.2) is 60.3 Å². The predicted molar refractivity (Wildman–Crippen MR) is 91.0 cm³/mol. The number of ether oxygens (including phenoxy) is 4. The lowest BCUT2D eigenvalue weighted by Crippen LogP contribution is -2.32. The van der Waals surface area contributed by atoms with E-state index in [0.29, 0.717) is 61.5 Å². The van der Waals surface area contributed by atoms with E-state index in [9.17, 15) is 4.79 Å². The van der Waals surface area contributed by atoms with Gasteiger partial charge < -0.3 is 23.8 Å². The summed E-state index contributed by atoms with van der Waals surface area (Å²) >= 11 is 0. The quantitative estimate of drug-likeness (QED) is 0.821. The van der Waals surface area contributed by atoms with Gasteiger partial charge >= 0.3 is 0 Å². The monoisotopic (exact) mass is 357 g/mol. The van der Waals surface area contributed by atoms with Gasteiger partial charge in [0.2, 0.25) is 0 Å². The van der Waals surface area contributed by atoms with Gasteiger partial charge in [-0.2, -0.15) is 0 Å². The molecule has 4 rings (SSSR count). The lowest BCUT2D eigenvalue weighted by molar-refractivity contribution is 0.0759. The zero-order valence-electron chi connectivity index (χ0n) is 14.4. The number of hydrogen-bond acceptors (Lipinski definition) is 7. The first kappa shape index (κ1) is 16.4. The zero-order valence-corrected chi connectivity index (χ0v) is 14.4. The van der Waals surface area contributed by atoms with E-state index >= 15 is 0 Å². The summed E-state index contributed by atoms with van der Waals surface area (Å²) in [6.45, 7) is 1.99. The minimum atomic E-state index is -0.166. The Morgan fingerprint density at radius 2 is 2.00 bits per heavy atom. The van der Waals surface area contributed by atoms with Crippen molar-refractivity contribution in [2.45, 2.75) is 12.5 Å². The molecule has 8 heteroatoms. The van der Waals surface area contributed by atoms with Crippen molar-refractivity contribution in [2.75, 3.05) is 33.4 Å². The van der Waals surface area contributed by atoms with Crippen LogP contribution < -0.4 is 18.9 Å². The van der Waals surface area contributed by atoms with Crippen molar-refractivity contribution in [2.24, 2.45) is 0 Å². The first-order valence-electron chi connectivity index (χ1n) is 8.46. The van der Waals surface area contributed by atoms with Crippen molar-refractivity contribution in [3.05, 3.63) is 36.2 Å². The van der Waals surface area contributed by atoms with Gasteiger partial charge in [-0.1, -0.05) is 6.07 Å². The molecule has 0 saturated carbocycles. The van der Waals surface area contributed by atoms with Crippen LogP contribution >= 0.6 is 0 Å². The van der Waals surface area contributed by atoms with Crippen LogP contribution in [0.25, 0.3) is 0 Å². The molecule has 1 aromatic heterocycles. The van der Waals surface area contributed by atoms with E-state index in [2.05, 4.69) is 9.97 Å². The summed E-state index contributed by atoms with van der Waals surface area (Å²) in [6.07, 6.45) is 3.62. The molecule has 0 aliphatic carbocycles. The fourth-order valence-electron chi connectivity index (χ4n) is 3.11. The Bertz CT molecular complexity index is 813. The van der Waals surface area contributed by atoms with Gasteiger partial charge in [0.15, 0.2) is 11.5 Å². The molecule has 8 nitrogen and oxygen atoms in total. The van der Waals surface area contributed by atoms with Crippen LogP contribution in [0.5, 0.6) is 23.3 Å². The number of carbonyl (C=O) groups is 1. The molecule has 3 heterocycles. The molecule has 2 aliphatic rings. The van der Waals surface area contributed by atoms with Gasteiger partial charge in [-0.25, -0.2) is 9.97 Å². The summed E-state index contributed by atoms with van der Waals surface area (Å²) in [4.78, 5) is 22.9. The molecule has 1 atom stereocenters. The minimum Gasteiger partial charge on any atom is -0.486 e. The number of aromatic nitrogens is 2. The topological polar surface area (TPSA) is 83.0 Å². The van der Waals surface area contributed by atoms with Crippen molar-refractivity contribution in [3.63, 3.8) is 0 Å². The molecular weight excluding hydrogens is 338 g/mol. The smallest absolute Gasteiger partial charge is 0.278 e. The van der Waals surface area contributed by atoms with Gasteiger partial charge in [0.25, 0.3) is 17.7 Å². The van der Waals surface area contributed by atoms with E-state index in [1.165, 1.54) is 13.3 Å². The first-order valence-corrected chi connectivity index (χ1v) is 8.46. The van der Waals surface area contributed by atoms with Crippen molar-refractivity contribution >= 4 is 5.91 Å². The second-order valence-corrected chi connectivity index (χ2v) is 5.98. The third kappa shape index (κ3) is 3.10. The summed E-state index contributed by atoms with van der Waals surface area (Å²) in [5, 5.41) is 0. The van der Waals surface area contributed by atoms with E-state index in [1.54, 1.807) is 23.2 Å². The number of carbonyl (C=O) groups excluding carboxylic acids is 1. The highest BCUT2D eigenvalue weighted by Crippen LogP contribution is 2.35. The summed E-state index contributed by atoms with van der Waals surface area (Å²) in [7, 11) is 1.52. The Morgan fingerprint density at radius 3 is 2.85 bits per heavy atom. The number of benzene rings is 1. The molecule has 0 unspecified atom stereocenters. The van der Waals surface area contributed by atoms with Crippen LogP contribution in [0.4, 0.5) is 0 Å². The maximum atomic E-state index is 12.9. The molecular formula is C18H19N3O5. The molecule has 2 aromatic rings. The van der Waals surface area contributed by atoms with Crippen LogP contribution in [0.1, 0.15) is 16.8 Å². The number of hydrogen-bond donors (Lipinski definition) is 0. The molecule has 2 aliphatic heterocycles. The fraction of sp³-hybridized carbons (Fsp3) is 0.389. The molecule has 136 valence electrons. The average molecular weight is 357 g/mol. The van der Waals surface area contributed by atoms with E-state index in [4.69, 9.17) is 18.9 Å². The fourth-order valence-corrected chi connectivity index (χ4v) is 3.11. The largest absolute Gasteiger partial charge is 0.486 e. The average Bonchev–Trinajstić information content (AvgIpc) is 3.16. The van der Waals surface area contributed by atoms with Gasteiger partial charge in [0.1, 0.15) is 19.3 Å². The SMILES string of the molecule is COc1nccnc1O[C@H]1CCN(C(=O)c2cccc3c2OCCO3)C1. The Kier molecular flexibility index (Phi) is 4.47. The second-order valence-electron chi connectivity index (χ2n) is 5.98. The highest BCUT2D eigenvalue weighted by atomic mass is 16.6. The van der Waals surface area contributed by atoms with Crippen molar-refractivity contribution in [1.82, 2.24) is 14.9 Å². The number of likely N-dealkylation sites (tertiary alicyclic amines) is 1. The van der Waals surface area contributed by atoms with Gasteiger partial charge in [-0.3, -0.25) is 4.79 Å². The van der Waals surface area contributed by atoms with E-state index in [-0.39, 0.29) is 12.0 Å². The number of amides is 1. The van der Waals surface area contributed by atoms with Crippen molar-refractivity contribution in [1.29, 1.82) is 0 Å². The van der Waals surface area contributed by atoms with E-state index in [0.717, 1.165) is 0 Å². The molecule has 0 radical (unpaired) electrons. The Labute approximate surface area is 150 Å². The van der Waals surface area contributed by atoms with Crippen LogP contribution in [0, 0.1) is 0 Å². The zero-order chi connectivity index (χ0) is 17.9. The number of fused-ring (bicyclic) bond motifs is 1. The highest BCUT2D eigenvalue weighted by Gasteiger charge is 2.32. The molecule has 1 saturated heterocycles. The second kappa shape index (κ2) is 7.07. The Hall–Kier alpha value is -3.03. The summed E-state index contributed by atoms with van der Waals surface area (Å²) in [5.41, 5.74) is 0.514. The summed E-state index contributed by atoms with van der Waals surface area (Å²) in [6, 6.07) is 5.37. The molecule has 1 aromatic carbocycles. The van der Waals surface area contributed by atoms with Crippen LogP contribution in [0.2, 0.25) is 0 Å². The maximum Gasteiger partial charge on any atom is 0.278 e.